The van der Waals surface area contributed by atoms with Crippen molar-refractivity contribution in [2.45, 2.75) is 6.61 Å². The van der Waals surface area contributed by atoms with Crippen molar-refractivity contribution >= 4 is 11.6 Å². The van der Waals surface area contributed by atoms with E-state index in [1.807, 2.05) is 0 Å². The van der Waals surface area contributed by atoms with Crippen molar-refractivity contribution in [3.63, 3.8) is 0 Å². The van der Waals surface area contributed by atoms with Crippen LogP contribution in [0.25, 0.3) is 0 Å². The highest BCUT2D eigenvalue weighted by atomic mass is 19.3. The summed E-state index contributed by atoms with van der Waals surface area (Å²) >= 11 is 0. The van der Waals surface area contributed by atoms with Gasteiger partial charge in [-0.25, -0.2) is 4.98 Å². The molecule has 21 heavy (non-hydrogen) atoms. The molecule has 0 aliphatic heterocycles. The van der Waals surface area contributed by atoms with E-state index in [2.05, 4.69) is 20.0 Å². The summed E-state index contributed by atoms with van der Waals surface area (Å²) in [6.07, 6.45) is 4.09. The highest BCUT2D eigenvalue weighted by molar-refractivity contribution is 6.02. The first kappa shape index (κ1) is 14.6. The summed E-state index contributed by atoms with van der Waals surface area (Å²) in [5.74, 6) is -0.562. The van der Waals surface area contributed by atoms with Gasteiger partial charge < -0.3 is 14.8 Å². The molecule has 2 rings (SSSR count). The van der Waals surface area contributed by atoms with Crippen LogP contribution in [0.15, 0.2) is 36.8 Å². The topological polar surface area (TPSA) is 73.3 Å². The Hall–Kier alpha value is -2.77. The molecule has 8 heteroatoms. The molecule has 0 bridgehead atoms. The molecule has 0 aliphatic carbocycles. The minimum atomic E-state index is -3.00. The van der Waals surface area contributed by atoms with E-state index in [0.29, 0.717) is 0 Å². The number of methoxy groups -OCH3 is 1. The second-order valence-electron chi connectivity index (χ2n) is 3.79. The van der Waals surface area contributed by atoms with E-state index in [4.69, 9.17) is 4.74 Å². The van der Waals surface area contributed by atoms with Gasteiger partial charge in [0.2, 0.25) is 0 Å². The number of hydrogen-bond acceptors (Lipinski definition) is 5. The summed E-state index contributed by atoms with van der Waals surface area (Å²) in [5, 5.41) is 2.50. The third-order valence-electron chi connectivity index (χ3n) is 2.43. The maximum Gasteiger partial charge on any atom is 0.387 e. The maximum atomic E-state index is 12.3. The zero-order valence-electron chi connectivity index (χ0n) is 10.9. The smallest absolute Gasteiger partial charge is 0.387 e. The van der Waals surface area contributed by atoms with Crippen molar-refractivity contribution in [2.75, 3.05) is 12.4 Å². The second-order valence-corrected chi connectivity index (χ2v) is 3.79. The largest absolute Gasteiger partial charge is 0.493 e. The Labute approximate surface area is 118 Å². The lowest BCUT2D eigenvalue weighted by atomic mass is 10.2. The number of carbonyl (C=O) groups excluding carboxylic acids is 1. The lowest BCUT2D eigenvalue weighted by Gasteiger charge is -2.12. The van der Waals surface area contributed by atoms with Crippen LogP contribution < -0.4 is 14.8 Å². The van der Waals surface area contributed by atoms with Crippen molar-refractivity contribution in [1.82, 2.24) is 9.97 Å². The number of carbonyl (C=O) groups is 1. The van der Waals surface area contributed by atoms with E-state index in [1.165, 1.54) is 43.9 Å². The molecule has 0 saturated carbocycles. The van der Waals surface area contributed by atoms with Crippen molar-refractivity contribution in [3.8, 4) is 11.5 Å². The van der Waals surface area contributed by atoms with Crippen LogP contribution in [0.1, 0.15) is 10.5 Å². The molecule has 0 radical (unpaired) electrons. The summed E-state index contributed by atoms with van der Waals surface area (Å²) in [7, 11) is 1.32. The fourth-order valence-corrected chi connectivity index (χ4v) is 1.55. The predicted molar refractivity (Wildman–Crippen MR) is 69.6 cm³/mol. The third-order valence-corrected chi connectivity index (χ3v) is 2.43. The van der Waals surface area contributed by atoms with Gasteiger partial charge in [-0.2, -0.15) is 8.78 Å². The Bertz CT molecular complexity index is 623. The number of alkyl halides is 2. The number of benzene rings is 1. The van der Waals surface area contributed by atoms with Gasteiger partial charge in [0.25, 0.3) is 5.91 Å². The Balaban J connectivity index is 2.19. The molecule has 1 amide bonds. The molecule has 0 unspecified atom stereocenters. The summed E-state index contributed by atoms with van der Waals surface area (Å²) in [6.45, 7) is -3.00. The molecule has 1 heterocycles. The van der Waals surface area contributed by atoms with Crippen molar-refractivity contribution < 1.29 is 23.0 Å². The predicted octanol–water partition coefficient (Wildman–Crippen LogP) is 2.34. The molecular weight excluding hydrogens is 284 g/mol. The van der Waals surface area contributed by atoms with Gasteiger partial charge in [-0.05, 0) is 12.1 Å². The first-order valence-electron chi connectivity index (χ1n) is 5.80. The van der Waals surface area contributed by atoms with Crippen LogP contribution in [0.3, 0.4) is 0 Å². The van der Waals surface area contributed by atoms with E-state index in [-0.39, 0.29) is 22.9 Å². The molecule has 0 atom stereocenters. The second kappa shape index (κ2) is 6.60. The van der Waals surface area contributed by atoms with Gasteiger partial charge in [-0.1, -0.05) is 0 Å². The number of amides is 1. The van der Waals surface area contributed by atoms with E-state index >= 15 is 0 Å². The summed E-state index contributed by atoms with van der Waals surface area (Å²) in [4.78, 5) is 19.5. The Morgan fingerprint density at radius 2 is 2.10 bits per heavy atom. The van der Waals surface area contributed by atoms with Gasteiger partial charge in [-0.15, -0.1) is 0 Å². The number of hydrogen-bond donors (Lipinski definition) is 1. The van der Waals surface area contributed by atoms with Gasteiger partial charge in [0.05, 0.1) is 13.3 Å². The fourth-order valence-electron chi connectivity index (χ4n) is 1.55. The lowest BCUT2D eigenvalue weighted by Crippen LogP contribution is -2.14. The lowest BCUT2D eigenvalue weighted by molar-refractivity contribution is -0.0511. The highest BCUT2D eigenvalue weighted by Gasteiger charge is 2.13. The number of halogens is 2. The van der Waals surface area contributed by atoms with Crippen LogP contribution in [-0.4, -0.2) is 29.6 Å². The first-order valence-corrected chi connectivity index (χ1v) is 5.80. The number of anilines is 1. The number of nitrogens with zero attached hydrogens (tertiary/aromatic N) is 2. The summed E-state index contributed by atoms with van der Waals surface area (Å²) in [6, 6.07) is 4.13. The van der Waals surface area contributed by atoms with Crippen molar-refractivity contribution in [2.24, 2.45) is 0 Å². The molecule has 1 N–H and O–H groups in total. The Morgan fingerprint density at radius 1 is 1.29 bits per heavy atom. The van der Waals surface area contributed by atoms with Gasteiger partial charge >= 0.3 is 6.61 Å². The molecule has 0 aliphatic rings. The average Bonchev–Trinajstić information content (AvgIpc) is 2.48. The molecular formula is C13H11F2N3O3. The van der Waals surface area contributed by atoms with Crippen LogP contribution in [0.5, 0.6) is 11.5 Å². The first-order chi connectivity index (χ1) is 10.1. The molecule has 0 spiro atoms. The molecule has 110 valence electrons. The van der Waals surface area contributed by atoms with E-state index in [9.17, 15) is 13.6 Å². The number of aromatic nitrogens is 2. The quantitative estimate of drug-likeness (QED) is 0.916. The van der Waals surface area contributed by atoms with E-state index in [1.54, 1.807) is 0 Å². The van der Waals surface area contributed by atoms with Crippen LogP contribution in [0.2, 0.25) is 0 Å². The summed E-state index contributed by atoms with van der Waals surface area (Å²) < 4.78 is 33.8. The minimum absolute atomic E-state index is 0.102. The zero-order chi connectivity index (χ0) is 15.2. The molecule has 1 aromatic carbocycles. The van der Waals surface area contributed by atoms with Crippen molar-refractivity contribution in [3.05, 3.63) is 42.5 Å². The van der Waals surface area contributed by atoms with E-state index < -0.39 is 12.5 Å². The Morgan fingerprint density at radius 3 is 2.71 bits per heavy atom. The van der Waals surface area contributed by atoms with Crippen LogP contribution >= 0.6 is 0 Å². The summed E-state index contributed by atoms with van der Waals surface area (Å²) in [5.41, 5.74) is 0.367. The number of nitrogens with one attached hydrogen (secondary N) is 1. The van der Waals surface area contributed by atoms with Crippen LogP contribution in [0, 0.1) is 0 Å². The van der Waals surface area contributed by atoms with Crippen LogP contribution in [0.4, 0.5) is 14.5 Å². The fraction of sp³-hybridized carbons (Fsp3) is 0.154. The maximum absolute atomic E-state index is 12.3. The molecule has 0 saturated heterocycles. The van der Waals surface area contributed by atoms with Gasteiger partial charge in [0.15, 0.2) is 11.5 Å². The standard InChI is InChI=1S/C13H11F2N3O3/c1-20-10-3-2-8(6-11(10)21-13(14)15)18-12(19)9-7-16-4-5-17-9/h2-7,13H,1H3,(H,18,19). The average molecular weight is 295 g/mol. The number of rotatable bonds is 5. The van der Waals surface area contributed by atoms with Crippen molar-refractivity contribution in [1.29, 1.82) is 0 Å². The zero-order valence-corrected chi connectivity index (χ0v) is 10.9. The molecule has 0 fully saturated rings. The minimum Gasteiger partial charge on any atom is -0.493 e. The van der Waals surface area contributed by atoms with Crippen LogP contribution in [-0.2, 0) is 0 Å². The Kier molecular flexibility index (Phi) is 4.60. The number of ether oxygens (including phenoxy) is 2. The van der Waals surface area contributed by atoms with Gasteiger partial charge in [-0.3, -0.25) is 9.78 Å². The molecule has 1 aromatic heterocycles. The monoisotopic (exact) mass is 295 g/mol. The van der Waals surface area contributed by atoms with Gasteiger partial charge in [0.1, 0.15) is 5.69 Å². The van der Waals surface area contributed by atoms with Gasteiger partial charge in [0, 0.05) is 24.1 Å². The highest BCUT2D eigenvalue weighted by Crippen LogP contribution is 2.31. The normalized spacial score (nSPS) is 10.3. The molecule has 6 nitrogen and oxygen atoms in total. The third kappa shape index (κ3) is 3.85. The molecule has 2 aromatic rings. The SMILES string of the molecule is COc1ccc(NC(=O)c2cnccn2)cc1OC(F)F. The van der Waals surface area contributed by atoms with E-state index in [0.717, 1.165) is 0 Å².